The Hall–Kier alpha value is -4.02. The third-order valence-electron chi connectivity index (χ3n) is 6.38. The molecule has 0 aliphatic carbocycles. The molecular formula is C28H29N3O6S. The van der Waals surface area contributed by atoms with Crippen molar-refractivity contribution in [1.29, 1.82) is 0 Å². The zero-order valence-corrected chi connectivity index (χ0v) is 21.7. The SMILES string of the molecule is COC(=O)CC(NC(=O)[C@@H]1CCCN1S(=O)(=O)c1ccccc1)c1ccc(NC(=O)c2ccccc2)cc1. The van der Waals surface area contributed by atoms with Gasteiger partial charge in [-0.1, -0.05) is 48.5 Å². The summed E-state index contributed by atoms with van der Waals surface area (Å²) in [6.07, 6.45) is 0.769. The molecule has 1 fully saturated rings. The minimum atomic E-state index is -3.86. The summed E-state index contributed by atoms with van der Waals surface area (Å²) < 4.78 is 32.4. The Morgan fingerprint density at radius 3 is 2.21 bits per heavy atom. The van der Waals surface area contributed by atoms with E-state index in [4.69, 9.17) is 4.74 Å². The summed E-state index contributed by atoms with van der Waals surface area (Å²) in [5.41, 5.74) is 1.66. The molecule has 3 aromatic carbocycles. The van der Waals surface area contributed by atoms with Crippen LogP contribution in [0.2, 0.25) is 0 Å². The molecule has 9 nitrogen and oxygen atoms in total. The average Bonchev–Trinajstić information content (AvgIpc) is 3.45. The van der Waals surface area contributed by atoms with E-state index in [0.717, 1.165) is 0 Å². The zero-order chi connectivity index (χ0) is 27.1. The molecule has 2 N–H and O–H groups in total. The molecule has 0 radical (unpaired) electrons. The normalized spacial score (nSPS) is 16.4. The van der Waals surface area contributed by atoms with Crippen LogP contribution in [-0.2, 0) is 24.3 Å². The van der Waals surface area contributed by atoms with Crippen molar-refractivity contribution in [3.8, 4) is 0 Å². The number of amides is 2. The van der Waals surface area contributed by atoms with Crippen LogP contribution in [0.25, 0.3) is 0 Å². The molecule has 38 heavy (non-hydrogen) atoms. The number of carbonyl (C=O) groups excluding carboxylic acids is 3. The van der Waals surface area contributed by atoms with Crippen molar-refractivity contribution in [1.82, 2.24) is 9.62 Å². The summed E-state index contributed by atoms with van der Waals surface area (Å²) in [6.45, 7) is 0.229. The number of benzene rings is 3. The largest absolute Gasteiger partial charge is 0.469 e. The van der Waals surface area contributed by atoms with E-state index in [1.54, 1.807) is 66.7 Å². The van der Waals surface area contributed by atoms with Gasteiger partial charge in [-0.05, 0) is 54.8 Å². The van der Waals surface area contributed by atoms with E-state index in [0.29, 0.717) is 29.7 Å². The van der Waals surface area contributed by atoms with E-state index in [1.807, 2.05) is 6.07 Å². The molecule has 1 aliphatic heterocycles. The minimum Gasteiger partial charge on any atom is -0.469 e. The van der Waals surface area contributed by atoms with Crippen LogP contribution in [0.5, 0.6) is 0 Å². The lowest BCUT2D eigenvalue weighted by atomic mass is 10.0. The van der Waals surface area contributed by atoms with E-state index >= 15 is 0 Å². The van der Waals surface area contributed by atoms with Gasteiger partial charge in [0.05, 0.1) is 24.5 Å². The van der Waals surface area contributed by atoms with Gasteiger partial charge in [0.25, 0.3) is 5.91 Å². The Labute approximate surface area is 221 Å². The van der Waals surface area contributed by atoms with Crippen molar-refractivity contribution in [2.75, 3.05) is 19.0 Å². The summed E-state index contributed by atoms with van der Waals surface area (Å²) in [4.78, 5) is 38.0. The average molecular weight is 536 g/mol. The van der Waals surface area contributed by atoms with Gasteiger partial charge < -0.3 is 15.4 Å². The highest BCUT2D eigenvalue weighted by molar-refractivity contribution is 7.89. The van der Waals surface area contributed by atoms with E-state index in [2.05, 4.69) is 10.6 Å². The second kappa shape index (κ2) is 12.0. The maximum Gasteiger partial charge on any atom is 0.307 e. The number of sulfonamides is 1. The van der Waals surface area contributed by atoms with E-state index < -0.39 is 34.0 Å². The molecular weight excluding hydrogens is 506 g/mol. The molecule has 198 valence electrons. The number of nitrogens with zero attached hydrogens (tertiary/aromatic N) is 1. The molecule has 1 heterocycles. The first-order valence-electron chi connectivity index (χ1n) is 12.2. The Morgan fingerprint density at radius 2 is 1.58 bits per heavy atom. The maximum absolute atomic E-state index is 13.3. The summed E-state index contributed by atoms with van der Waals surface area (Å²) in [7, 11) is -2.60. The Balaban J connectivity index is 1.50. The fourth-order valence-electron chi connectivity index (χ4n) is 4.38. The van der Waals surface area contributed by atoms with E-state index in [1.165, 1.54) is 23.5 Å². The smallest absolute Gasteiger partial charge is 0.307 e. The summed E-state index contributed by atoms with van der Waals surface area (Å²) in [5, 5.41) is 5.66. The molecule has 4 rings (SSSR count). The van der Waals surface area contributed by atoms with Crippen LogP contribution in [0.1, 0.15) is 41.2 Å². The van der Waals surface area contributed by atoms with E-state index in [9.17, 15) is 22.8 Å². The highest BCUT2D eigenvalue weighted by Gasteiger charge is 2.40. The van der Waals surface area contributed by atoms with Crippen LogP contribution in [-0.4, -0.2) is 50.2 Å². The van der Waals surface area contributed by atoms with Gasteiger partial charge in [0.1, 0.15) is 6.04 Å². The molecule has 2 atom stereocenters. The second-order valence-corrected chi connectivity index (χ2v) is 10.8. The Bertz CT molecular complexity index is 1380. The molecule has 0 aromatic heterocycles. The van der Waals surface area contributed by atoms with Crippen LogP contribution in [0.3, 0.4) is 0 Å². The number of ether oxygens (including phenoxy) is 1. The number of anilines is 1. The number of hydrogen-bond donors (Lipinski definition) is 2. The van der Waals surface area contributed by atoms with Gasteiger partial charge in [0, 0.05) is 17.8 Å². The van der Waals surface area contributed by atoms with Crippen LogP contribution in [0, 0.1) is 0 Å². The molecule has 0 bridgehead atoms. The number of rotatable bonds is 9. The van der Waals surface area contributed by atoms with Crippen LogP contribution >= 0.6 is 0 Å². The Kier molecular flexibility index (Phi) is 8.55. The Morgan fingerprint density at radius 1 is 0.947 bits per heavy atom. The third-order valence-corrected chi connectivity index (χ3v) is 8.30. The molecule has 0 saturated carbocycles. The third kappa shape index (κ3) is 6.27. The molecule has 1 unspecified atom stereocenters. The number of carbonyl (C=O) groups is 3. The van der Waals surface area contributed by atoms with Crippen molar-refractivity contribution in [2.24, 2.45) is 0 Å². The van der Waals surface area contributed by atoms with Crippen molar-refractivity contribution < 1.29 is 27.5 Å². The lowest BCUT2D eigenvalue weighted by Gasteiger charge is -2.26. The summed E-state index contributed by atoms with van der Waals surface area (Å²) in [6, 6.07) is 21.9. The summed E-state index contributed by atoms with van der Waals surface area (Å²) >= 11 is 0. The zero-order valence-electron chi connectivity index (χ0n) is 20.9. The summed E-state index contributed by atoms with van der Waals surface area (Å²) in [5.74, 6) is -1.28. The predicted molar refractivity (Wildman–Crippen MR) is 142 cm³/mol. The molecule has 0 spiro atoms. The second-order valence-electron chi connectivity index (χ2n) is 8.87. The number of nitrogens with one attached hydrogen (secondary N) is 2. The van der Waals surface area contributed by atoms with Crippen molar-refractivity contribution in [2.45, 2.75) is 36.2 Å². The fraction of sp³-hybridized carbons (Fsp3) is 0.250. The lowest BCUT2D eigenvalue weighted by molar-refractivity contribution is -0.141. The standard InChI is InChI=1S/C28H29N3O6S/c1-37-26(32)19-24(20-14-16-22(17-15-20)29-27(33)21-9-4-2-5-10-21)30-28(34)25-13-8-18-31(25)38(35,36)23-11-6-3-7-12-23/h2-7,9-12,14-17,24-25H,8,13,18-19H2,1H3,(H,29,33)(H,30,34)/t24?,25-/m0/s1. The van der Waals surface area contributed by atoms with Gasteiger partial charge in [0.15, 0.2) is 0 Å². The van der Waals surface area contributed by atoms with Gasteiger partial charge in [-0.15, -0.1) is 0 Å². The molecule has 3 aromatic rings. The van der Waals surface area contributed by atoms with E-state index in [-0.39, 0.29) is 23.8 Å². The first kappa shape index (κ1) is 27.0. The number of methoxy groups -OCH3 is 1. The van der Waals surface area contributed by atoms with Crippen LogP contribution in [0.4, 0.5) is 5.69 Å². The van der Waals surface area contributed by atoms with Gasteiger partial charge in [-0.2, -0.15) is 4.31 Å². The lowest BCUT2D eigenvalue weighted by Crippen LogP contribution is -2.47. The van der Waals surface area contributed by atoms with Gasteiger partial charge in [-0.3, -0.25) is 14.4 Å². The van der Waals surface area contributed by atoms with Crippen LogP contribution in [0.15, 0.2) is 89.8 Å². The molecule has 10 heteroatoms. The predicted octanol–water partition coefficient (Wildman–Crippen LogP) is 3.51. The molecule has 2 amide bonds. The first-order chi connectivity index (χ1) is 18.3. The highest BCUT2D eigenvalue weighted by Crippen LogP contribution is 2.28. The van der Waals surface area contributed by atoms with Gasteiger partial charge in [-0.25, -0.2) is 8.42 Å². The van der Waals surface area contributed by atoms with Crippen LogP contribution < -0.4 is 10.6 Å². The number of esters is 1. The monoisotopic (exact) mass is 535 g/mol. The number of hydrogen-bond acceptors (Lipinski definition) is 6. The molecule has 1 saturated heterocycles. The van der Waals surface area contributed by atoms with Crippen molar-refractivity contribution in [3.05, 3.63) is 96.1 Å². The van der Waals surface area contributed by atoms with Crippen molar-refractivity contribution >= 4 is 33.5 Å². The quantitative estimate of drug-likeness (QED) is 0.405. The fourth-order valence-corrected chi connectivity index (χ4v) is 6.06. The topological polar surface area (TPSA) is 122 Å². The first-order valence-corrected chi connectivity index (χ1v) is 13.6. The van der Waals surface area contributed by atoms with Gasteiger partial charge >= 0.3 is 5.97 Å². The maximum atomic E-state index is 13.3. The highest BCUT2D eigenvalue weighted by atomic mass is 32.2. The van der Waals surface area contributed by atoms with Crippen molar-refractivity contribution in [3.63, 3.8) is 0 Å². The van der Waals surface area contributed by atoms with Gasteiger partial charge in [0.2, 0.25) is 15.9 Å². The molecule has 1 aliphatic rings. The minimum absolute atomic E-state index is 0.124.